The van der Waals surface area contributed by atoms with Crippen LogP contribution in [0.1, 0.15) is 51.3 Å². The van der Waals surface area contributed by atoms with Crippen LogP contribution in [0.3, 0.4) is 0 Å². The third kappa shape index (κ3) is 2.20. The molecule has 2 fully saturated rings. The van der Waals surface area contributed by atoms with E-state index in [9.17, 15) is 10.1 Å². The van der Waals surface area contributed by atoms with Crippen LogP contribution in [0.25, 0.3) is 0 Å². The normalized spacial score (nSPS) is 28.2. The molecular weight excluding hydrogens is 288 g/mol. The van der Waals surface area contributed by atoms with E-state index in [-0.39, 0.29) is 17.2 Å². The minimum Gasteiger partial charge on any atom is -0.369 e. The Morgan fingerprint density at radius 2 is 2.17 bits per heavy atom. The van der Waals surface area contributed by atoms with Crippen LogP contribution in [0.15, 0.2) is 12.1 Å². The maximum atomic E-state index is 12.1. The number of pyridine rings is 1. The number of hydrogen-bond acceptors (Lipinski definition) is 4. The molecule has 23 heavy (non-hydrogen) atoms. The SMILES string of the molecule is CC(C)c1ccc(C#N)c(N2C[C@@H]3C(C)(C)C[C@]3(C(N)=O)C2)n1. The molecule has 1 aromatic rings. The van der Waals surface area contributed by atoms with Gasteiger partial charge in [0.2, 0.25) is 5.91 Å². The van der Waals surface area contributed by atoms with Crippen LogP contribution in [0.2, 0.25) is 0 Å². The molecule has 1 aliphatic carbocycles. The van der Waals surface area contributed by atoms with Gasteiger partial charge in [-0.3, -0.25) is 4.79 Å². The zero-order chi connectivity index (χ0) is 17.0. The van der Waals surface area contributed by atoms with E-state index in [0.717, 1.165) is 18.7 Å². The fourth-order valence-corrected chi connectivity index (χ4v) is 4.50. The minimum atomic E-state index is -0.467. The zero-order valence-electron chi connectivity index (χ0n) is 14.3. The quantitative estimate of drug-likeness (QED) is 0.929. The summed E-state index contributed by atoms with van der Waals surface area (Å²) in [7, 11) is 0. The first-order chi connectivity index (χ1) is 10.7. The van der Waals surface area contributed by atoms with E-state index in [1.807, 2.05) is 12.1 Å². The number of primary amides is 1. The lowest BCUT2D eigenvalue weighted by Crippen LogP contribution is -2.59. The third-order valence-corrected chi connectivity index (χ3v) is 5.66. The number of nitrogens with zero attached hydrogens (tertiary/aromatic N) is 3. The smallest absolute Gasteiger partial charge is 0.225 e. The predicted molar refractivity (Wildman–Crippen MR) is 88.8 cm³/mol. The summed E-state index contributed by atoms with van der Waals surface area (Å²) in [4.78, 5) is 18.9. The Bertz CT molecular complexity index is 703. The lowest BCUT2D eigenvalue weighted by Gasteiger charge is -2.54. The topological polar surface area (TPSA) is 83.0 Å². The first kappa shape index (κ1) is 15.8. The number of amides is 1. The van der Waals surface area contributed by atoms with Crippen molar-refractivity contribution < 1.29 is 4.79 Å². The molecule has 1 aliphatic heterocycles. The summed E-state index contributed by atoms with van der Waals surface area (Å²) in [5, 5.41) is 9.42. The number of nitrogens with two attached hydrogens (primary N) is 1. The van der Waals surface area contributed by atoms with Crippen molar-refractivity contribution in [1.82, 2.24) is 4.98 Å². The maximum absolute atomic E-state index is 12.1. The zero-order valence-corrected chi connectivity index (χ0v) is 14.3. The van der Waals surface area contributed by atoms with Gasteiger partial charge in [-0.05, 0) is 35.8 Å². The average Bonchev–Trinajstić information content (AvgIpc) is 2.82. The van der Waals surface area contributed by atoms with Gasteiger partial charge in [0.25, 0.3) is 0 Å². The molecule has 0 unspecified atom stereocenters. The summed E-state index contributed by atoms with van der Waals surface area (Å²) >= 11 is 0. The first-order valence-corrected chi connectivity index (χ1v) is 8.17. The molecule has 1 saturated carbocycles. The standard InChI is InChI=1S/C18H24N4O/c1-11(2)13-6-5-12(7-19)15(21-13)22-8-14-17(3,4)9-18(14,10-22)16(20)23/h5-6,11,14H,8-10H2,1-4H3,(H2,20,23)/t14-,18+/m1/s1. The van der Waals surface area contributed by atoms with Gasteiger partial charge < -0.3 is 10.6 Å². The van der Waals surface area contributed by atoms with E-state index in [1.165, 1.54) is 0 Å². The molecule has 0 bridgehead atoms. The molecule has 0 aromatic carbocycles. The number of fused-ring (bicyclic) bond motifs is 1. The molecule has 5 nitrogen and oxygen atoms in total. The number of hydrogen-bond donors (Lipinski definition) is 1. The third-order valence-electron chi connectivity index (χ3n) is 5.66. The monoisotopic (exact) mass is 312 g/mol. The molecule has 0 spiro atoms. The Morgan fingerprint density at radius 3 is 2.65 bits per heavy atom. The predicted octanol–water partition coefficient (Wildman–Crippen LogP) is 2.41. The highest BCUT2D eigenvalue weighted by Crippen LogP contribution is 2.63. The second kappa shape index (κ2) is 4.95. The lowest BCUT2D eigenvalue weighted by molar-refractivity contribution is -0.148. The summed E-state index contributed by atoms with van der Waals surface area (Å²) < 4.78 is 0. The number of rotatable bonds is 3. The van der Waals surface area contributed by atoms with E-state index >= 15 is 0 Å². The molecule has 1 aromatic heterocycles. The first-order valence-electron chi connectivity index (χ1n) is 8.17. The van der Waals surface area contributed by atoms with Gasteiger partial charge in [-0.15, -0.1) is 0 Å². The second-order valence-electron chi connectivity index (χ2n) is 7.99. The fourth-order valence-electron chi connectivity index (χ4n) is 4.50. The fraction of sp³-hybridized carbons (Fsp3) is 0.611. The van der Waals surface area contributed by atoms with E-state index in [4.69, 9.17) is 10.7 Å². The Morgan fingerprint density at radius 1 is 1.48 bits per heavy atom. The highest BCUT2D eigenvalue weighted by molar-refractivity contribution is 5.85. The van der Waals surface area contributed by atoms with Crippen LogP contribution in [-0.2, 0) is 4.79 Å². The van der Waals surface area contributed by atoms with E-state index in [0.29, 0.717) is 23.8 Å². The largest absolute Gasteiger partial charge is 0.369 e. The van der Waals surface area contributed by atoms with Crippen LogP contribution in [0.5, 0.6) is 0 Å². The molecule has 5 heteroatoms. The van der Waals surface area contributed by atoms with Crippen LogP contribution >= 0.6 is 0 Å². The van der Waals surface area contributed by atoms with Crippen LogP contribution in [-0.4, -0.2) is 24.0 Å². The van der Waals surface area contributed by atoms with Gasteiger partial charge in [0.1, 0.15) is 11.9 Å². The van der Waals surface area contributed by atoms with Gasteiger partial charge in [0.15, 0.2) is 0 Å². The Kier molecular flexibility index (Phi) is 3.40. The van der Waals surface area contributed by atoms with Gasteiger partial charge in [0, 0.05) is 18.8 Å². The number of carbonyl (C=O) groups is 1. The van der Waals surface area contributed by atoms with E-state index < -0.39 is 5.41 Å². The molecule has 2 heterocycles. The molecular formula is C18H24N4O. The molecule has 122 valence electrons. The Hall–Kier alpha value is -2.09. The highest BCUT2D eigenvalue weighted by Gasteiger charge is 2.66. The second-order valence-corrected chi connectivity index (χ2v) is 7.99. The van der Waals surface area contributed by atoms with Crippen molar-refractivity contribution in [2.75, 3.05) is 18.0 Å². The maximum Gasteiger partial charge on any atom is 0.225 e. The summed E-state index contributed by atoms with van der Waals surface area (Å²) in [6, 6.07) is 5.97. The number of nitriles is 1. The van der Waals surface area contributed by atoms with Crippen molar-refractivity contribution >= 4 is 11.7 Å². The minimum absolute atomic E-state index is 0.103. The molecule has 2 aliphatic rings. The lowest BCUT2D eigenvalue weighted by atomic mass is 9.48. The molecule has 1 saturated heterocycles. The number of aromatic nitrogens is 1. The van der Waals surface area contributed by atoms with Gasteiger partial charge in [-0.25, -0.2) is 4.98 Å². The highest BCUT2D eigenvalue weighted by atomic mass is 16.1. The average molecular weight is 312 g/mol. The Labute approximate surface area is 137 Å². The summed E-state index contributed by atoms with van der Waals surface area (Å²) in [5.74, 6) is 0.998. The van der Waals surface area contributed by atoms with Gasteiger partial charge in [0.05, 0.1) is 11.0 Å². The summed E-state index contributed by atoms with van der Waals surface area (Å²) in [6.07, 6.45) is 0.808. The molecule has 0 radical (unpaired) electrons. The van der Waals surface area contributed by atoms with Crippen molar-refractivity contribution in [3.05, 3.63) is 23.4 Å². The molecule has 2 atom stereocenters. The molecule has 1 amide bonds. The molecule has 3 rings (SSSR count). The van der Waals surface area contributed by atoms with Crippen LogP contribution in [0.4, 0.5) is 5.82 Å². The van der Waals surface area contributed by atoms with Crippen molar-refractivity contribution in [2.24, 2.45) is 22.5 Å². The van der Waals surface area contributed by atoms with Gasteiger partial charge in [-0.2, -0.15) is 5.26 Å². The molecule has 2 N–H and O–H groups in total. The summed E-state index contributed by atoms with van der Waals surface area (Å²) in [5.41, 5.74) is 6.90. The van der Waals surface area contributed by atoms with Crippen molar-refractivity contribution in [2.45, 2.75) is 40.0 Å². The van der Waals surface area contributed by atoms with Crippen LogP contribution < -0.4 is 10.6 Å². The van der Waals surface area contributed by atoms with Gasteiger partial charge in [-0.1, -0.05) is 27.7 Å². The number of anilines is 1. The van der Waals surface area contributed by atoms with Crippen molar-refractivity contribution in [3.63, 3.8) is 0 Å². The van der Waals surface area contributed by atoms with Gasteiger partial charge >= 0.3 is 0 Å². The van der Waals surface area contributed by atoms with E-state index in [1.54, 1.807) is 0 Å². The Balaban J connectivity index is 2.00. The summed E-state index contributed by atoms with van der Waals surface area (Å²) in [6.45, 7) is 9.84. The van der Waals surface area contributed by atoms with Crippen molar-refractivity contribution in [1.29, 1.82) is 5.26 Å². The van der Waals surface area contributed by atoms with Crippen molar-refractivity contribution in [3.8, 4) is 6.07 Å². The van der Waals surface area contributed by atoms with Crippen LogP contribution in [0, 0.1) is 28.1 Å². The van der Waals surface area contributed by atoms with E-state index in [2.05, 4.69) is 38.7 Å². The number of carbonyl (C=O) groups excluding carboxylic acids is 1.